The molecule has 3 aromatic rings. The van der Waals surface area contributed by atoms with Gasteiger partial charge in [-0.15, -0.1) is 0 Å². The number of amides is 1. The van der Waals surface area contributed by atoms with Crippen molar-refractivity contribution < 1.29 is 18.0 Å². The highest BCUT2D eigenvalue weighted by Crippen LogP contribution is 2.19. The maximum absolute atomic E-state index is 12.9. The quantitative estimate of drug-likeness (QED) is 0.508. The molecule has 1 aliphatic rings. The molecule has 0 radical (unpaired) electrons. The van der Waals surface area contributed by atoms with Crippen LogP contribution in [-0.2, 0) is 28.4 Å². The lowest BCUT2D eigenvalue weighted by Gasteiger charge is -2.34. The Morgan fingerprint density at radius 3 is 2.12 bits per heavy atom. The highest BCUT2D eigenvalue weighted by Gasteiger charge is 2.30. The fraction of sp³-hybridized carbons (Fsp3) is 0.348. The Balaban J connectivity index is 1.38. The minimum Gasteiger partial charge on any atom is -0.340 e. The number of Topliss-reactive ketones (excluding diaryl/α,β-unsaturated/α-hetero) is 1. The summed E-state index contributed by atoms with van der Waals surface area (Å²) in [6.07, 6.45) is 0.160. The predicted molar refractivity (Wildman–Crippen MR) is 124 cm³/mol. The number of imidazole rings is 1. The summed E-state index contributed by atoms with van der Waals surface area (Å²) in [5, 5.41) is 0. The molecule has 0 saturated carbocycles. The van der Waals surface area contributed by atoms with E-state index in [2.05, 4.69) is 0 Å². The molecule has 0 aliphatic carbocycles. The summed E-state index contributed by atoms with van der Waals surface area (Å²) >= 11 is 0. The molecule has 1 saturated heterocycles. The fourth-order valence-electron chi connectivity index (χ4n) is 4.13. The van der Waals surface area contributed by atoms with Crippen LogP contribution in [0.5, 0.6) is 0 Å². The third-order valence-corrected chi connectivity index (χ3v) is 8.00. The van der Waals surface area contributed by atoms with E-state index in [1.165, 1.54) is 35.5 Å². The van der Waals surface area contributed by atoms with Crippen LogP contribution in [0.15, 0.2) is 58.2 Å². The molecule has 2 aromatic carbocycles. The monoisotopic (exact) mass is 470 g/mol. The van der Waals surface area contributed by atoms with Gasteiger partial charge in [-0.1, -0.05) is 24.3 Å². The van der Waals surface area contributed by atoms with Crippen LogP contribution in [0.2, 0.25) is 0 Å². The highest BCUT2D eigenvalue weighted by molar-refractivity contribution is 7.89. The van der Waals surface area contributed by atoms with Gasteiger partial charge in [0.05, 0.1) is 15.9 Å². The average Bonchev–Trinajstić information content (AvgIpc) is 3.07. The summed E-state index contributed by atoms with van der Waals surface area (Å²) in [5.41, 5.74) is 1.87. The smallest absolute Gasteiger partial charge is 0.328 e. The van der Waals surface area contributed by atoms with Crippen LogP contribution in [-0.4, -0.2) is 64.6 Å². The molecule has 2 heterocycles. The Labute approximate surface area is 191 Å². The van der Waals surface area contributed by atoms with E-state index in [0.717, 1.165) is 11.0 Å². The summed E-state index contributed by atoms with van der Waals surface area (Å²) in [6, 6.07) is 13.3. The minimum atomic E-state index is -3.70. The minimum absolute atomic E-state index is 0.113. The summed E-state index contributed by atoms with van der Waals surface area (Å²) in [4.78, 5) is 38.5. The van der Waals surface area contributed by atoms with Crippen LogP contribution >= 0.6 is 0 Å². The molecule has 10 heteroatoms. The number of fused-ring (bicyclic) bond motifs is 1. The SMILES string of the molecule is CC(=O)c1ccc(S(=O)(=O)N2CCN(C(=O)CCn3c(=O)n(C)c4ccccc43)CC2)cc1. The van der Waals surface area contributed by atoms with Crippen LogP contribution in [0.25, 0.3) is 11.0 Å². The van der Waals surface area contributed by atoms with Gasteiger partial charge in [0.1, 0.15) is 0 Å². The topological polar surface area (TPSA) is 102 Å². The van der Waals surface area contributed by atoms with Crippen LogP contribution in [0.3, 0.4) is 0 Å². The van der Waals surface area contributed by atoms with Crippen molar-refractivity contribution in [3.8, 4) is 0 Å². The number of ketones is 1. The largest absolute Gasteiger partial charge is 0.340 e. The number of carbonyl (C=O) groups is 2. The number of nitrogens with zero attached hydrogens (tertiary/aromatic N) is 4. The van der Waals surface area contributed by atoms with E-state index < -0.39 is 10.0 Å². The van der Waals surface area contributed by atoms with Crippen molar-refractivity contribution in [1.29, 1.82) is 0 Å². The van der Waals surface area contributed by atoms with E-state index >= 15 is 0 Å². The van der Waals surface area contributed by atoms with Gasteiger partial charge in [-0.05, 0) is 31.2 Å². The zero-order chi connectivity index (χ0) is 23.8. The summed E-state index contributed by atoms with van der Waals surface area (Å²) < 4.78 is 30.3. The van der Waals surface area contributed by atoms with Crippen LogP contribution < -0.4 is 5.69 Å². The van der Waals surface area contributed by atoms with Crippen molar-refractivity contribution in [2.24, 2.45) is 7.05 Å². The molecular weight excluding hydrogens is 444 g/mol. The molecule has 0 spiro atoms. The van der Waals surface area contributed by atoms with Crippen molar-refractivity contribution in [1.82, 2.24) is 18.3 Å². The Morgan fingerprint density at radius 1 is 0.909 bits per heavy atom. The molecule has 9 nitrogen and oxygen atoms in total. The molecule has 1 aromatic heterocycles. The number of aromatic nitrogens is 2. The molecule has 1 amide bonds. The Kier molecular flexibility index (Phi) is 6.22. The first-order valence-electron chi connectivity index (χ1n) is 10.7. The highest BCUT2D eigenvalue weighted by atomic mass is 32.2. The van der Waals surface area contributed by atoms with E-state index in [1.54, 1.807) is 21.1 Å². The number of rotatable bonds is 6. The molecule has 4 rings (SSSR count). The van der Waals surface area contributed by atoms with Crippen molar-refractivity contribution >= 4 is 32.7 Å². The lowest BCUT2D eigenvalue weighted by atomic mass is 10.2. The molecule has 1 aliphatic heterocycles. The third kappa shape index (κ3) is 4.36. The van der Waals surface area contributed by atoms with Gasteiger partial charge in [0.15, 0.2) is 5.78 Å². The normalized spacial score (nSPS) is 15.2. The maximum atomic E-state index is 12.9. The first kappa shape index (κ1) is 22.9. The van der Waals surface area contributed by atoms with Gasteiger partial charge in [-0.2, -0.15) is 4.31 Å². The van der Waals surface area contributed by atoms with Gasteiger partial charge >= 0.3 is 5.69 Å². The molecule has 0 bridgehead atoms. The Hall–Kier alpha value is -3.24. The maximum Gasteiger partial charge on any atom is 0.328 e. The molecular formula is C23H26N4O5S. The van der Waals surface area contributed by atoms with Crippen molar-refractivity contribution in [2.75, 3.05) is 26.2 Å². The second-order valence-corrected chi connectivity index (χ2v) is 10.0. The first-order chi connectivity index (χ1) is 15.7. The second kappa shape index (κ2) is 8.95. The molecule has 174 valence electrons. The van der Waals surface area contributed by atoms with Gasteiger partial charge in [0.25, 0.3) is 0 Å². The van der Waals surface area contributed by atoms with E-state index in [0.29, 0.717) is 5.56 Å². The van der Waals surface area contributed by atoms with Gasteiger partial charge < -0.3 is 4.90 Å². The molecule has 0 unspecified atom stereocenters. The van der Waals surface area contributed by atoms with Gasteiger partial charge in [0.2, 0.25) is 15.9 Å². The Morgan fingerprint density at radius 2 is 1.52 bits per heavy atom. The average molecular weight is 471 g/mol. The number of para-hydroxylation sites is 2. The van der Waals surface area contributed by atoms with Gasteiger partial charge in [0, 0.05) is 51.8 Å². The van der Waals surface area contributed by atoms with Crippen LogP contribution in [0.1, 0.15) is 23.7 Å². The molecule has 0 atom stereocenters. The first-order valence-corrected chi connectivity index (χ1v) is 12.2. The third-order valence-electron chi connectivity index (χ3n) is 6.09. The van der Waals surface area contributed by atoms with E-state index in [1.807, 2.05) is 24.3 Å². The lowest BCUT2D eigenvalue weighted by molar-refractivity contribution is -0.132. The van der Waals surface area contributed by atoms with E-state index in [9.17, 15) is 22.8 Å². The van der Waals surface area contributed by atoms with Crippen LogP contribution in [0, 0.1) is 0 Å². The van der Waals surface area contributed by atoms with Gasteiger partial charge in [-0.25, -0.2) is 13.2 Å². The number of piperazine rings is 1. The summed E-state index contributed by atoms with van der Waals surface area (Å²) in [6.45, 7) is 2.64. The fourth-order valence-corrected chi connectivity index (χ4v) is 5.56. The summed E-state index contributed by atoms with van der Waals surface area (Å²) in [5.74, 6) is -0.241. The number of carbonyl (C=O) groups excluding carboxylic acids is 2. The number of aryl methyl sites for hydroxylation is 2. The number of sulfonamides is 1. The Bertz CT molecular complexity index is 1360. The molecule has 33 heavy (non-hydrogen) atoms. The molecule has 0 N–H and O–H groups in total. The second-order valence-electron chi connectivity index (χ2n) is 8.10. The lowest BCUT2D eigenvalue weighted by Crippen LogP contribution is -2.50. The van der Waals surface area contributed by atoms with E-state index in [4.69, 9.17) is 0 Å². The van der Waals surface area contributed by atoms with E-state index in [-0.39, 0.29) is 61.4 Å². The number of hydrogen-bond donors (Lipinski definition) is 0. The number of benzene rings is 2. The van der Waals surface area contributed by atoms with Crippen molar-refractivity contribution in [2.45, 2.75) is 24.8 Å². The number of hydrogen-bond acceptors (Lipinski definition) is 5. The predicted octanol–water partition coefficient (Wildman–Crippen LogP) is 1.47. The standard InChI is InChI=1S/C23H26N4O5S/c1-17(28)18-7-9-19(10-8-18)33(31,32)26-15-13-25(14-16-26)22(29)11-12-27-21-6-4-3-5-20(21)24(2)23(27)30/h3-10H,11-16H2,1-2H3. The summed E-state index contributed by atoms with van der Waals surface area (Å²) in [7, 11) is -2.00. The van der Waals surface area contributed by atoms with Crippen molar-refractivity contribution in [3.63, 3.8) is 0 Å². The molecule has 1 fully saturated rings. The zero-order valence-corrected chi connectivity index (χ0v) is 19.4. The van der Waals surface area contributed by atoms with Gasteiger partial charge in [-0.3, -0.25) is 18.7 Å². The van der Waals surface area contributed by atoms with Crippen LogP contribution in [0.4, 0.5) is 0 Å². The zero-order valence-electron chi connectivity index (χ0n) is 18.6. The van der Waals surface area contributed by atoms with Crippen molar-refractivity contribution in [3.05, 3.63) is 64.6 Å².